The van der Waals surface area contributed by atoms with Crippen molar-refractivity contribution >= 4 is 17.6 Å². The van der Waals surface area contributed by atoms with E-state index >= 15 is 0 Å². The Labute approximate surface area is 158 Å². The molecule has 1 saturated heterocycles. The lowest BCUT2D eigenvalue weighted by molar-refractivity contribution is 0.0600. The highest BCUT2D eigenvalue weighted by Gasteiger charge is 2.18. The molecule has 1 heterocycles. The van der Waals surface area contributed by atoms with Gasteiger partial charge in [-0.1, -0.05) is 12.1 Å². The molecule has 2 aromatic carbocycles. The van der Waals surface area contributed by atoms with Crippen LogP contribution in [-0.2, 0) is 9.47 Å². The van der Waals surface area contributed by atoms with E-state index in [2.05, 4.69) is 5.32 Å². The Kier molecular flexibility index (Phi) is 6.08. The zero-order valence-electron chi connectivity index (χ0n) is 15.5. The van der Waals surface area contributed by atoms with Gasteiger partial charge in [-0.2, -0.15) is 0 Å². The zero-order valence-corrected chi connectivity index (χ0v) is 15.5. The molecule has 1 fully saturated rings. The summed E-state index contributed by atoms with van der Waals surface area (Å²) in [6, 6.07) is 12.0. The van der Waals surface area contributed by atoms with Crippen LogP contribution in [0, 0.1) is 6.92 Å². The van der Waals surface area contributed by atoms with Crippen LogP contribution in [0.25, 0.3) is 0 Å². The Bertz CT molecular complexity index is 827. The largest absolute Gasteiger partial charge is 0.489 e. The van der Waals surface area contributed by atoms with Crippen molar-refractivity contribution in [3.05, 3.63) is 59.2 Å². The number of carbonyl (C=O) groups is 2. The summed E-state index contributed by atoms with van der Waals surface area (Å²) in [5.41, 5.74) is 2.29. The minimum Gasteiger partial charge on any atom is -0.489 e. The molecule has 1 aliphatic rings. The van der Waals surface area contributed by atoms with Gasteiger partial charge in [-0.05, 0) is 55.7 Å². The highest BCUT2D eigenvalue weighted by Crippen LogP contribution is 2.27. The molecule has 142 valence electrons. The average Bonchev–Trinajstić information content (AvgIpc) is 3.21. The van der Waals surface area contributed by atoms with Gasteiger partial charge >= 0.3 is 5.97 Å². The van der Waals surface area contributed by atoms with E-state index in [1.807, 2.05) is 25.1 Å². The fourth-order valence-corrected chi connectivity index (χ4v) is 2.91. The topological polar surface area (TPSA) is 73.9 Å². The molecular weight excluding hydrogens is 346 g/mol. The average molecular weight is 369 g/mol. The number of benzene rings is 2. The minimum atomic E-state index is -0.486. The number of carbonyl (C=O) groups excluding carboxylic acids is 2. The Hall–Kier alpha value is -2.86. The summed E-state index contributed by atoms with van der Waals surface area (Å²) in [4.78, 5) is 24.3. The van der Waals surface area contributed by atoms with Crippen molar-refractivity contribution in [1.29, 1.82) is 0 Å². The standard InChI is InChI=1S/C21H23NO5/c1-14-8-9-18(19(11-14)27-13-17-7-4-10-26-17)22-20(23)15-5-3-6-16(12-15)21(24)25-2/h3,5-6,8-9,11-12,17H,4,7,10,13H2,1-2H3,(H,22,23). The molecule has 27 heavy (non-hydrogen) atoms. The first-order valence-electron chi connectivity index (χ1n) is 8.91. The highest BCUT2D eigenvalue weighted by molar-refractivity contribution is 6.06. The van der Waals surface area contributed by atoms with Crippen LogP contribution in [0.1, 0.15) is 39.1 Å². The maximum atomic E-state index is 12.6. The van der Waals surface area contributed by atoms with Gasteiger partial charge in [0.2, 0.25) is 0 Å². The van der Waals surface area contributed by atoms with Crippen molar-refractivity contribution in [2.75, 3.05) is 25.6 Å². The van der Waals surface area contributed by atoms with E-state index in [9.17, 15) is 9.59 Å². The van der Waals surface area contributed by atoms with Crippen LogP contribution >= 0.6 is 0 Å². The van der Waals surface area contributed by atoms with Crippen LogP contribution in [0.4, 0.5) is 5.69 Å². The van der Waals surface area contributed by atoms with E-state index in [-0.39, 0.29) is 12.0 Å². The second-order valence-corrected chi connectivity index (χ2v) is 6.47. The molecular formula is C21H23NO5. The number of rotatable bonds is 6. The van der Waals surface area contributed by atoms with Crippen LogP contribution in [0.3, 0.4) is 0 Å². The molecule has 1 amide bonds. The van der Waals surface area contributed by atoms with Crippen LogP contribution in [0.5, 0.6) is 5.75 Å². The smallest absolute Gasteiger partial charge is 0.337 e. The maximum Gasteiger partial charge on any atom is 0.337 e. The minimum absolute atomic E-state index is 0.0887. The molecule has 6 heteroatoms. The molecule has 0 aliphatic carbocycles. The van der Waals surface area contributed by atoms with Gasteiger partial charge in [-0.15, -0.1) is 0 Å². The van der Waals surface area contributed by atoms with Gasteiger partial charge in [-0.25, -0.2) is 4.79 Å². The van der Waals surface area contributed by atoms with Gasteiger partial charge in [0.15, 0.2) is 0 Å². The second-order valence-electron chi connectivity index (χ2n) is 6.47. The Morgan fingerprint density at radius 1 is 1.19 bits per heavy atom. The summed E-state index contributed by atoms with van der Waals surface area (Å²) < 4.78 is 16.2. The number of nitrogens with one attached hydrogen (secondary N) is 1. The molecule has 0 radical (unpaired) electrons. The van der Waals surface area contributed by atoms with Crippen molar-refractivity contribution in [3.63, 3.8) is 0 Å². The van der Waals surface area contributed by atoms with Crippen molar-refractivity contribution < 1.29 is 23.8 Å². The first kappa shape index (κ1) is 18.9. The number of amides is 1. The molecule has 0 aromatic heterocycles. The number of aryl methyl sites for hydroxylation is 1. The van der Waals surface area contributed by atoms with Crippen LogP contribution in [0.15, 0.2) is 42.5 Å². The highest BCUT2D eigenvalue weighted by atomic mass is 16.5. The second kappa shape index (κ2) is 8.68. The summed E-state index contributed by atoms with van der Waals surface area (Å²) in [6.45, 7) is 3.18. The Balaban J connectivity index is 1.74. The van der Waals surface area contributed by atoms with Crippen molar-refractivity contribution in [1.82, 2.24) is 0 Å². The zero-order chi connectivity index (χ0) is 19.2. The number of ether oxygens (including phenoxy) is 3. The molecule has 1 unspecified atom stereocenters. The number of anilines is 1. The summed E-state index contributed by atoms with van der Waals surface area (Å²) in [5.74, 6) is -0.213. The van der Waals surface area contributed by atoms with Crippen LogP contribution in [-0.4, -0.2) is 38.3 Å². The third-order valence-corrected chi connectivity index (χ3v) is 4.38. The number of esters is 1. The molecule has 1 N–H and O–H groups in total. The molecule has 1 aliphatic heterocycles. The number of methoxy groups -OCH3 is 1. The third-order valence-electron chi connectivity index (χ3n) is 4.38. The van der Waals surface area contributed by atoms with E-state index in [4.69, 9.17) is 14.2 Å². The predicted octanol–water partition coefficient (Wildman–Crippen LogP) is 3.59. The van der Waals surface area contributed by atoms with Crippen LogP contribution in [0.2, 0.25) is 0 Å². The Morgan fingerprint density at radius 2 is 2.00 bits per heavy atom. The fraction of sp³-hybridized carbons (Fsp3) is 0.333. The molecule has 2 aromatic rings. The van der Waals surface area contributed by atoms with Gasteiger partial charge in [0, 0.05) is 12.2 Å². The van der Waals surface area contributed by atoms with E-state index in [0.29, 0.717) is 29.2 Å². The fourth-order valence-electron chi connectivity index (χ4n) is 2.91. The molecule has 1 atom stereocenters. The molecule has 6 nitrogen and oxygen atoms in total. The van der Waals surface area contributed by atoms with Crippen LogP contribution < -0.4 is 10.1 Å². The molecule has 0 spiro atoms. The predicted molar refractivity (Wildman–Crippen MR) is 101 cm³/mol. The lowest BCUT2D eigenvalue weighted by Crippen LogP contribution is -2.18. The van der Waals surface area contributed by atoms with Gasteiger partial charge < -0.3 is 19.5 Å². The third kappa shape index (κ3) is 4.86. The first-order valence-corrected chi connectivity index (χ1v) is 8.91. The monoisotopic (exact) mass is 369 g/mol. The molecule has 0 saturated carbocycles. The number of hydrogen-bond donors (Lipinski definition) is 1. The quantitative estimate of drug-likeness (QED) is 0.788. The van der Waals surface area contributed by atoms with Gasteiger partial charge in [0.25, 0.3) is 5.91 Å². The van der Waals surface area contributed by atoms with Gasteiger partial charge in [0.1, 0.15) is 12.4 Å². The van der Waals surface area contributed by atoms with Gasteiger partial charge in [-0.3, -0.25) is 4.79 Å². The SMILES string of the molecule is COC(=O)c1cccc(C(=O)Nc2ccc(C)cc2OCC2CCCO2)c1. The van der Waals surface area contributed by atoms with Crippen molar-refractivity contribution in [3.8, 4) is 5.75 Å². The lowest BCUT2D eigenvalue weighted by Gasteiger charge is -2.16. The summed E-state index contributed by atoms with van der Waals surface area (Å²) in [6.07, 6.45) is 2.11. The van der Waals surface area contributed by atoms with E-state index in [1.165, 1.54) is 13.2 Å². The van der Waals surface area contributed by atoms with E-state index in [0.717, 1.165) is 25.0 Å². The molecule has 0 bridgehead atoms. The van der Waals surface area contributed by atoms with Gasteiger partial charge in [0.05, 0.1) is 24.5 Å². The lowest BCUT2D eigenvalue weighted by atomic mass is 10.1. The first-order chi connectivity index (χ1) is 13.1. The maximum absolute atomic E-state index is 12.6. The van der Waals surface area contributed by atoms with Crippen molar-refractivity contribution in [2.45, 2.75) is 25.9 Å². The number of hydrogen-bond acceptors (Lipinski definition) is 5. The molecule has 3 rings (SSSR count). The van der Waals surface area contributed by atoms with Crippen molar-refractivity contribution in [2.24, 2.45) is 0 Å². The Morgan fingerprint density at radius 3 is 2.74 bits per heavy atom. The van der Waals surface area contributed by atoms with E-state index in [1.54, 1.807) is 18.2 Å². The summed E-state index contributed by atoms with van der Waals surface area (Å²) in [7, 11) is 1.30. The van der Waals surface area contributed by atoms with E-state index < -0.39 is 5.97 Å². The summed E-state index contributed by atoms with van der Waals surface area (Å²) in [5, 5.41) is 2.86. The summed E-state index contributed by atoms with van der Waals surface area (Å²) >= 11 is 0. The normalized spacial score (nSPS) is 16.0.